The first-order valence-electron chi connectivity index (χ1n) is 6.15. The number of amides is 2. The molecular formula is C13H16ClN3O2. The van der Waals surface area contributed by atoms with E-state index in [0.29, 0.717) is 22.9 Å². The van der Waals surface area contributed by atoms with E-state index in [4.69, 9.17) is 11.6 Å². The molecule has 1 saturated heterocycles. The van der Waals surface area contributed by atoms with Crippen LogP contribution in [-0.2, 0) is 9.59 Å². The summed E-state index contributed by atoms with van der Waals surface area (Å²) in [4.78, 5) is 23.0. The summed E-state index contributed by atoms with van der Waals surface area (Å²) in [5.41, 5.74) is 1.13. The molecule has 1 heterocycles. The Labute approximate surface area is 116 Å². The fourth-order valence-electron chi connectivity index (χ4n) is 2.02. The molecule has 1 aliphatic heterocycles. The number of nitrogens with one attached hydrogen (secondary N) is 3. The van der Waals surface area contributed by atoms with Crippen molar-refractivity contribution in [3.63, 3.8) is 0 Å². The zero-order valence-corrected chi connectivity index (χ0v) is 11.4. The van der Waals surface area contributed by atoms with Crippen LogP contribution in [-0.4, -0.2) is 24.9 Å². The van der Waals surface area contributed by atoms with Crippen LogP contribution in [0.1, 0.15) is 13.3 Å². The summed E-state index contributed by atoms with van der Waals surface area (Å²) in [6.45, 7) is 2.98. The highest BCUT2D eigenvalue weighted by Gasteiger charge is 2.22. The fourth-order valence-corrected chi connectivity index (χ4v) is 2.18. The van der Waals surface area contributed by atoms with E-state index in [-0.39, 0.29) is 17.7 Å². The van der Waals surface area contributed by atoms with Gasteiger partial charge in [0.25, 0.3) is 0 Å². The Hall–Kier alpha value is -1.59. The third-order valence-corrected chi connectivity index (χ3v) is 3.31. The molecule has 0 aromatic heterocycles. The first-order chi connectivity index (χ1) is 9.06. The van der Waals surface area contributed by atoms with Crippen LogP contribution in [0, 0.1) is 5.92 Å². The second kappa shape index (κ2) is 6.04. The van der Waals surface area contributed by atoms with Crippen molar-refractivity contribution in [3.05, 3.63) is 23.2 Å². The van der Waals surface area contributed by atoms with Crippen molar-refractivity contribution in [3.8, 4) is 0 Å². The molecule has 0 saturated carbocycles. The maximum Gasteiger partial charge on any atom is 0.228 e. The fraction of sp³-hybridized carbons (Fsp3) is 0.385. The molecule has 1 aliphatic rings. The molecule has 2 rings (SSSR count). The molecule has 2 amide bonds. The van der Waals surface area contributed by atoms with Crippen molar-refractivity contribution < 1.29 is 9.59 Å². The summed E-state index contributed by atoms with van der Waals surface area (Å²) >= 11 is 6.04. The molecule has 19 heavy (non-hydrogen) atoms. The lowest BCUT2D eigenvalue weighted by Gasteiger charge is -2.12. The van der Waals surface area contributed by atoms with Gasteiger partial charge in [-0.1, -0.05) is 11.6 Å². The number of hydrogen-bond donors (Lipinski definition) is 3. The number of benzene rings is 1. The van der Waals surface area contributed by atoms with E-state index in [1.807, 2.05) is 0 Å². The van der Waals surface area contributed by atoms with Gasteiger partial charge in [-0.15, -0.1) is 0 Å². The van der Waals surface area contributed by atoms with E-state index in [1.54, 1.807) is 18.2 Å². The minimum atomic E-state index is -0.167. The van der Waals surface area contributed by atoms with Crippen LogP contribution < -0.4 is 16.0 Å². The van der Waals surface area contributed by atoms with E-state index < -0.39 is 0 Å². The van der Waals surface area contributed by atoms with Gasteiger partial charge in [-0.3, -0.25) is 9.59 Å². The Morgan fingerprint density at radius 3 is 2.79 bits per heavy atom. The topological polar surface area (TPSA) is 70.2 Å². The van der Waals surface area contributed by atoms with Crippen LogP contribution in [0.15, 0.2) is 18.2 Å². The van der Waals surface area contributed by atoms with Gasteiger partial charge in [-0.25, -0.2) is 0 Å². The van der Waals surface area contributed by atoms with Crippen LogP contribution in [0.3, 0.4) is 0 Å². The molecule has 0 aliphatic carbocycles. The lowest BCUT2D eigenvalue weighted by atomic mass is 10.1. The predicted octanol–water partition coefficient (Wildman–Crippen LogP) is 1.85. The van der Waals surface area contributed by atoms with Gasteiger partial charge in [0, 0.05) is 19.2 Å². The van der Waals surface area contributed by atoms with Gasteiger partial charge in [0.2, 0.25) is 11.8 Å². The molecule has 0 spiro atoms. The minimum absolute atomic E-state index is 0.0273. The quantitative estimate of drug-likeness (QED) is 0.792. The number of hydrogen-bond acceptors (Lipinski definition) is 3. The summed E-state index contributed by atoms with van der Waals surface area (Å²) in [6, 6.07) is 5.00. The van der Waals surface area contributed by atoms with Crippen LogP contribution >= 0.6 is 11.6 Å². The zero-order valence-electron chi connectivity index (χ0n) is 10.6. The molecule has 1 fully saturated rings. The SMILES string of the molecule is CC(=O)Nc1ccc(Cl)c(NC(=O)C2CCNC2)c1. The second-order valence-electron chi connectivity index (χ2n) is 4.55. The monoisotopic (exact) mass is 281 g/mol. The van der Waals surface area contributed by atoms with Crippen molar-refractivity contribution in [2.45, 2.75) is 13.3 Å². The van der Waals surface area contributed by atoms with Gasteiger partial charge in [0.15, 0.2) is 0 Å². The molecule has 1 aromatic rings. The van der Waals surface area contributed by atoms with Gasteiger partial charge < -0.3 is 16.0 Å². The average Bonchev–Trinajstić information content (AvgIpc) is 2.86. The third-order valence-electron chi connectivity index (χ3n) is 2.98. The number of anilines is 2. The van der Waals surface area contributed by atoms with Gasteiger partial charge in [-0.05, 0) is 31.2 Å². The van der Waals surface area contributed by atoms with Crippen molar-refractivity contribution in [1.82, 2.24) is 5.32 Å². The van der Waals surface area contributed by atoms with Crippen LogP contribution in [0.4, 0.5) is 11.4 Å². The molecular weight excluding hydrogens is 266 g/mol. The lowest BCUT2D eigenvalue weighted by Crippen LogP contribution is -2.24. The number of carbonyl (C=O) groups is 2. The van der Waals surface area contributed by atoms with Crippen molar-refractivity contribution in [1.29, 1.82) is 0 Å². The van der Waals surface area contributed by atoms with E-state index >= 15 is 0 Å². The highest BCUT2D eigenvalue weighted by atomic mass is 35.5. The number of carbonyl (C=O) groups excluding carboxylic acids is 2. The van der Waals surface area contributed by atoms with Crippen LogP contribution in [0.2, 0.25) is 5.02 Å². The van der Waals surface area contributed by atoms with E-state index in [2.05, 4.69) is 16.0 Å². The van der Waals surface area contributed by atoms with Crippen molar-refractivity contribution in [2.24, 2.45) is 5.92 Å². The number of halogens is 1. The predicted molar refractivity (Wildman–Crippen MR) is 75.4 cm³/mol. The van der Waals surface area contributed by atoms with Crippen molar-refractivity contribution >= 4 is 34.8 Å². The van der Waals surface area contributed by atoms with E-state index in [9.17, 15) is 9.59 Å². The minimum Gasteiger partial charge on any atom is -0.326 e. The molecule has 6 heteroatoms. The normalized spacial score (nSPS) is 18.1. The van der Waals surface area contributed by atoms with Crippen LogP contribution in [0.25, 0.3) is 0 Å². The van der Waals surface area contributed by atoms with Gasteiger partial charge in [0.1, 0.15) is 0 Å². The van der Waals surface area contributed by atoms with Gasteiger partial charge >= 0.3 is 0 Å². The van der Waals surface area contributed by atoms with Crippen LogP contribution in [0.5, 0.6) is 0 Å². The third kappa shape index (κ3) is 3.68. The first kappa shape index (κ1) is 13.8. The maximum absolute atomic E-state index is 12.0. The first-order valence-corrected chi connectivity index (χ1v) is 6.53. The van der Waals surface area contributed by atoms with Crippen molar-refractivity contribution in [2.75, 3.05) is 23.7 Å². The maximum atomic E-state index is 12.0. The standard InChI is InChI=1S/C13H16ClN3O2/c1-8(18)16-10-2-3-11(14)12(6-10)17-13(19)9-4-5-15-7-9/h2-3,6,9,15H,4-5,7H2,1H3,(H,16,18)(H,17,19). The molecule has 1 unspecified atom stereocenters. The highest BCUT2D eigenvalue weighted by molar-refractivity contribution is 6.33. The molecule has 0 bridgehead atoms. The second-order valence-corrected chi connectivity index (χ2v) is 4.96. The molecule has 5 nitrogen and oxygen atoms in total. The van der Waals surface area contributed by atoms with E-state index in [1.165, 1.54) is 6.92 Å². The van der Waals surface area contributed by atoms with Gasteiger partial charge in [-0.2, -0.15) is 0 Å². The summed E-state index contributed by atoms with van der Waals surface area (Å²) in [6.07, 6.45) is 0.828. The Bertz CT molecular complexity index is 499. The Morgan fingerprint density at radius 1 is 1.37 bits per heavy atom. The summed E-state index contributed by atoms with van der Waals surface area (Å²) in [5, 5.41) is 9.05. The summed E-state index contributed by atoms with van der Waals surface area (Å²) in [5.74, 6) is -0.244. The lowest BCUT2D eigenvalue weighted by molar-refractivity contribution is -0.119. The molecule has 3 N–H and O–H groups in total. The largest absolute Gasteiger partial charge is 0.326 e. The molecule has 1 aromatic carbocycles. The Morgan fingerprint density at radius 2 is 2.16 bits per heavy atom. The van der Waals surface area contributed by atoms with Gasteiger partial charge in [0.05, 0.1) is 16.6 Å². The highest BCUT2D eigenvalue weighted by Crippen LogP contribution is 2.26. The smallest absolute Gasteiger partial charge is 0.228 e. The summed E-state index contributed by atoms with van der Waals surface area (Å²) < 4.78 is 0. The average molecular weight is 282 g/mol. The molecule has 1 atom stereocenters. The molecule has 0 radical (unpaired) electrons. The number of rotatable bonds is 3. The summed E-state index contributed by atoms with van der Waals surface area (Å²) in [7, 11) is 0. The Kier molecular flexibility index (Phi) is 4.39. The zero-order chi connectivity index (χ0) is 13.8. The Balaban J connectivity index is 2.09. The molecule has 102 valence electrons. The van der Waals surface area contributed by atoms with E-state index in [0.717, 1.165) is 13.0 Å².